The van der Waals surface area contributed by atoms with E-state index in [-0.39, 0.29) is 11.6 Å². The van der Waals surface area contributed by atoms with Crippen LogP contribution in [-0.2, 0) is 4.74 Å². The van der Waals surface area contributed by atoms with Gasteiger partial charge in [-0.1, -0.05) is 26.7 Å². The van der Waals surface area contributed by atoms with Gasteiger partial charge in [-0.05, 0) is 19.8 Å². The summed E-state index contributed by atoms with van der Waals surface area (Å²) in [5.41, 5.74) is 6.00. The molecule has 0 saturated heterocycles. The number of nitrogens with one attached hydrogen (secondary N) is 1. The Bertz CT molecular complexity index is 147. The van der Waals surface area contributed by atoms with Crippen molar-refractivity contribution in [2.75, 3.05) is 20.2 Å². The lowest BCUT2D eigenvalue weighted by molar-refractivity contribution is 0.105. The first-order valence-electron chi connectivity index (χ1n) is 6.12. The minimum Gasteiger partial charge on any atom is -0.380 e. The van der Waals surface area contributed by atoms with Gasteiger partial charge in [0.2, 0.25) is 0 Å². The zero-order valence-corrected chi connectivity index (χ0v) is 10.8. The van der Waals surface area contributed by atoms with Crippen LogP contribution in [0.5, 0.6) is 0 Å². The molecule has 2 atom stereocenters. The Kier molecular flexibility index (Phi) is 8.02. The smallest absolute Gasteiger partial charge is 0.0667 e. The average Bonchev–Trinajstić information content (AvgIpc) is 2.30. The van der Waals surface area contributed by atoms with Crippen molar-refractivity contribution in [2.45, 2.75) is 58.1 Å². The van der Waals surface area contributed by atoms with Crippen molar-refractivity contribution in [3.8, 4) is 0 Å². The molecule has 0 aliphatic rings. The summed E-state index contributed by atoms with van der Waals surface area (Å²) in [5.74, 6) is 0. The minimum absolute atomic E-state index is 0.114. The summed E-state index contributed by atoms with van der Waals surface area (Å²) in [4.78, 5) is 0. The molecule has 15 heavy (non-hydrogen) atoms. The van der Waals surface area contributed by atoms with E-state index in [0.29, 0.717) is 6.54 Å². The number of rotatable bonds is 9. The van der Waals surface area contributed by atoms with Crippen LogP contribution < -0.4 is 11.1 Å². The van der Waals surface area contributed by atoms with E-state index in [1.54, 1.807) is 7.11 Å². The fraction of sp³-hybridized carbons (Fsp3) is 1.00. The maximum absolute atomic E-state index is 5.88. The molecule has 0 aromatic heterocycles. The molecule has 0 fully saturated rings. The first-order chi connectivity index (χ1) is 7.14. The average molecular weight is 216 g/mol. The Morgan fingerprint density at radius 1 is 1.40 bits per heavy atom. The van der Waals surface area contributed by atoms with E-state index >= 15 is 0 Å². The highest BCUT2D eigenvalue weighted by molar-refractivity contribution is 4.88. The predicted octanol–water partition coefficient (Wildman–Crippen LogP) is 1.91. The van der Waals surface area contributed by atoms with Gasteiger partial charge in [-0.15, -0.1) is 0 Å². The fourth-order valence-electron chi connectivity index (χ4n) is 1.67. The molecule has 0 radical (unpaired) electrons. The maximum atomic E-state index is 5.88. The molecule has 0 aromatic carbocycles. The lowest BCUT2D eigenvalue weighted by atomic mass is 9.89. The lowest BCUT2D eigenvalue weighted by Crippen LogP contribution is -2.52. The molecule has 0 bridgehead atoms. The van der Waals surface area contributed by atoms with E-state index in [9.17, 15) is 0 Å². The van der Waals surface area contributed by atoms with Crippen molar-refractivity contribution in [1.82, 2.24) is 5.32 Å². The second kappa shape index (κ2) is 8.08. The van der Waals surface area contributed by atoms with Crippen LogP contribution in [0, 0.1) is 0 Å². The first kappa shape index (κ1) is 14.9. The van der Waals surface area contributed by atoms with Crippen LogP contribution in [0.4, 0.5) is 0 Å². The molecule has 3 heteroatoms. The summed E-state index contributed by atoms with van der Waals surface area (Å²) in [6.45, 7) is 8.08. The van der Waals surface area contributed by atoms with Gasteiger partial charge in [-0.2, -0.15) is 0 Å². The van der Waals surface area contributed by atoms with Gasteiger partial charge in [0.25, 0.3) is 0 Å². The Labute approximate surface area is 94.8 Å². The number of ether oxygens (including phenoxy) is 1. The van der Waals surface area contributed by atoms with E-state index in [1.807, 2.05) is 0 Å². The van der Waals surface area contributed by atoms with Gasteiger partial charge in [0, 0.05) is 25.7 Å². The third-order valence-electron chi connectivity index (χ3n) is 3.24. The molecule has 0 rings (SSSR count). The normalized spacial score (nSPS) is 17.4. The van der Waals surface area contributed by atoms with Crippen molar-refractivity contribution in [1.29, 1.82) is 0 Å². The van der Waals surface area contributed by atoms with E-state index in [4.69, 9.17) is 10.5 Å². The second-order valence-electron chi connectivity index (χ2n) is 4.37. The van der Waals surface area contributed by atoms with Crippen LogP contribution in [-0.4, -0.2) is 31.8 Å². The molecule has 0 aromatic rings. The summed E-state index contributed by atoms with van der Waals surface area (Å²) in [5, 5.41) is 3.57. The molecule has 3 nitrogen and oxygen atoms in total. The number of unbranched alkanes of at least 4 members (excludes halogenated alkanes) is 1. The minimum atomic E-state index is 0.114. The molecule has 0 saturated carbocycles. The van der Waals surface area contributed by atoms with Crippen molar-refractivity contribution < 1.29 is 4.74 Å². The molecule has 0 amide bonds. The number of hydrogen-bond donors (Lipinski definition) is 2. The Balaban J connectivity index is 4.10. The zero-order chi connectivity index (χ0) is 11.7. The van der Waals surface area contributed by atoms with E-state index in [1.165, 1.54) is 12.8 Å². The summed E-state index contributed by atoms with van der Waals surface area (Å²) in [6.07, 6.45) is 4.96. The van der Waals surface area contributed by atoms with Crippen molar-refractivity contribution in [3.05, 3.63) is 0 Å². The van der Waals surface area contributed by atoms with Gasteiger partial charge < -0.3 is 15.8 Å². The van der Waals surface area contributed by atoms with E-state index in [2.05, 4.69) is 26.1 Å². The van der Waals surface area contributed by atoms with Gasteiger partial charge in [-0.3, -0.25) is 0 Å². The molecule has 0 aliphatic carbocycles. The molecule has 3 N–H and O–H groups in total. The summed E-state index contributed by atoms with van der Waals surface area (Å²) in [7, 11) is 1.74. The Morgan fingerprint density at radius 3 is 2.47 bits per heavy atom. The number of nitrogens with two attached hydrogens (primary N) is 1. The molecular formula is C12H28N2O. The third-order valence-corrected chi connectivity index (χ3v) is 3.24. The maximum Gasteiger partial charge on any atom is 0.0667 e. The van der Waals surface area contributed by atoms with Crippen LogP contribution in [0.25, 0.3) is 0 Å². The van der Waals surface area contributed by atoms with E-state index < -0.39 is 0 Å². The summed E-state index contributed by atoms with van der Waals surface area (Å²) in [6, 6.07) is 0. The molecule has 0 aliphatic heterocycles. The Hall–Kier alpha value is -0.120. The molecule has 0 heterocycles. The number of methoxy groups -OCH3 is 1. The zero-order valence-electron chi connectivity index (χ0n) is 10.8. The standard InChI is InChI=1S/C12H28N2O/c1-5-7-8-12(6-2,10-13)14-9-11(3)15-4/h11,14H,5-10,13H2,1-4H3. The SMILES string of the molecule is CCCCC(CC)(CN)NCC(C)OC. The lowest BCUT2D eigenvalue weighted by Gasteiger charge is -2.34. The highest BCUT2D eigenvalue weighted by Crippen LogP contribution is 2.17. The van der Waals surface area contributed by atoms with Crippen molar-refractivity contribution in [2.24, 2.45) is 5.73 Å². The molecular weight excluding hydrogens is 188 g/mol. The largest absolute Gasteiger partial charge is 0.380 e. The van der Waals surface area contributed by atoms with Crippen LogP contribution in [0.3, 0.4) is 0 Å². The highest BCUT2D eigenvalue weighted by Gasteiger charge is 2.25. The van der Waals surface area contributed by atoms with Gasteiger partial charge in [0.05, 0.1) is 6.10 Å². The number of hydrogen-bond acceptors (Lipinski definition) is 3. The topological polar surface area (TPSA) is 47.3 Å². The quantitative estimate of drug-likeness (QED) is 0.619. The van der Waals surface area contributed by atoms with Crippen molar-refractivity contribution in [3.63, 3.8) is 0 Å². The monoisotopic (exact) mass is 216 g/mol. The van der Waals surface area contributed by atoms with Crippen LogP contribution in [0.1, 0.15) is 46.5 Å². The molecule has 2 unspecified atom stereocenters. The molecule has 92 valence electrons. The summed E-state index contributed by atoms with van der Waals surface area (Å²) < 4.78 is 5.24. The Morgan fingerprint density at radius 2 is 2.07 bits per heavy atom. The third kappa shape index (κ3) is 5.50. The highest BCUT2D eigenvalue weighted by atomic mass is 16.5. The second-order valence-corrected chi connectivity index (χ2v) is 4.37. The summed E-state index contributed by atoms with van der Waals surface area (Å²) >= 11 is 0. The van der Waals surface area contributed by atoms with Crippen LogP contribution in [0.15, 0.2) is 0 Å². The van der Waals surface area contributed by atoms with Gasteiger partial charge >= 0.3 is 0 Å². The predicted molar refractivity (Wildman–Crippen MR) is 66.1 cm³/mol. The van der Waals surface area contributed by atoms with Gasteiger partial charge in [0.15, 0.2) is 0 Å². The van der Waals surface area contributed by atoms with Crippen LogP contribution in [0.2, 0.25) is 0 Å². The van der Waals surface area contributed by atoms with Crippen LogP contribution >= 0.6 is 0 Å². The first-order valence-corrected chi connectivity index (χ1v) is 6.12. The van der Waals surface area contributed by atoms with Gasteiger partial charge in [-0.25, -0.2) is 0 Å². The van der Waals surface area contributed by atoms with E-state index in [0.717, 1.165) is 19.4 Å². The fourth-order valence-corrected chi connectivity index (χ4v) is 1.67. The molecule has 0 spiro atoms. The van der Waals surface area contributed by atoms with Crippen molar-refractivity contribution >= 4 is 0 Å². The van der Waals surface area contributed by atoms with Gasteiger partial charge in [0.1, 0.15) is 0 Å².